The van der Waals surface area contributed by atoms with Gasteiger partial charge in [0.05, 0.1) is 6.61 Å². The molecule has 0 aromatic heterocycles. The van der Waals surface area contributed by atoms with Gasteiger partial charge in [-0.05, 0) is 49.5 Å². The van der Waals surface area contributed by atoms with Crippen LogP contribution < -0.4 is 5.32 Å². The summed E-state index contributed by atoms with van der Waals surface area (Å²) in [6.45, 7) is 4.63. The van der Waals surface area contributed by atoms with Crippen LogP contribution in [-0.2, 0) is 4.74 Å². The summed E-state index contributed by atoms with van der Waals surface area (Å²) in [7, 11) is 0. The number of hydrogen-bond acceptors (Lipinski definition) is 4. The Hall–Kier alpha value is -2.70. The van der Waals surface area contributed by atoms with Crippen LogP contribution in [-0.4, -0.2) is 65.9 Å². The third-order valence-corrected chi connectivity index (χ3v) is 5.08. The molecule has 3 rings (SSSR count). The first-order chi connectivity index (χ1) is 13.1. The summed E-state index contributed by atoms with van der Waals surface area (Å²) in [4.78, 5) is 27.7. The number of aromatic hydroxyl groups is 1. The lowest BCUT2D eigenvalue weighted by Crippen LogP contribution is -2.51. The quantitative estimate of drug-likeness (QED) is 0.854. The van der Waals surface area contributed by atoms with Crippen molar-refractivity contribution in [3.8, 4) is 5.75 Å². The van der Waals surface area contributed by atoms with Crippen molar-refractivity contribution in [2.24, 2.45) is 0 Å². The average Bonchev–Trinajstić information content (AvgIpc) is 2.69. The highest BCUT2D eigenvalue weighted by Gasteiger charge is 2.26. The fourth-order valence-electron chi connectivity index (χ4n) is 3.48. The second-order valence-corrected chi connectivity index (χ2v) is 6.88. The zero-order valence-electron chi connectivity index (χ0n) is 15.7. The number of amides is 3. The van der Waals surface area contributed by atoms with Gasteiger partial charge in [0, 0.05) is 32.2 Å². The van der Waals surface area contributed by atoms with Gasteiger partial charge in [-0.1, -0.05) is 18.2 Å². The first-order valence-electron chi connectivity index (χ1n) is 9.52. The third kappa shape index (κ3) is 4.93. The number of carbonyl (C=O) groups excluding carboxylic acids is 2. The molecule has 2 N–H and O–H groups in total. The lowest BCUT2D eigenvalue weighted by molar-refractivity contribution is 0.0951. The van der Waals surface area contributed by atoms with E-state index in [-0.39, 0.29) is 23.9 Å². The van der Waals surface area contributed by atoms with Crippen molar-refractivity contribution in [2.45, 2.75) is 32.2 Å². The molecule has 0 atom stereocenters. The van der Waals surface area contributed by atoms with Gasteiger partial charge in [-0.25, -0.2) is 9.59 Å². The van der Waals surface area contributed by atoms with Gasteiger partial charge in [0.15, 0.2) is 0 Å². The maximum absolute atomic E-state index is 12.5. The summed E-state index contributed by atoms with van der Waals surface area (Å²) >= 11 is 0. The highest BCUT2D eigenvalue weighted by atomic mass is 16.6. The Morgan fingerprint density at radius 1 is 1.15 bits per heavy atom. The molecule has 3 amide bonds. The highest BCUT2D eigenvalue weighted by Crippen LogP contribution is 2.24. The molecule has 2 heterocycles. The Morgan fingerprint density at radius 2 is 1.85 bits per heavy atom. The molecule has 2 aliphatic rings. The predicted octanol–water partition coefficient (Wildman–Crippen LogP) is 2.81. The molecule has 0 aliphatic carbocycles. The highest BCUT2D eigenvalue weighted by molar-refractivity contribution is 5.77. The van der Waals surface area contributed by atoms with Gasteiger partial charge in [0.2, 0.25) is 0 Å². The van der Waals surface area contributed by atoms with Crippen molar-refractivity contribution in [2.75, 3.05) is 32.8 Å². The molecule has 0 saturated carbocycles. The van der Waals surface area contributed by atoms with E-state index in [2.05, 4.69) is 11.4 Å². The number of urea groups is 1. The second-order valence-electron chi connectivity index (χ2n) is 6.88. The molecular formula is C20H27N3O4. The topological polar surface area (TPSA) is 82.1 Å². The summed E-state index contributed by atoms with van der Waals surface area (Å²) in [5, 5.41) is 12.5. The van der Waals surface area contributed by atoms with Gasteiger partial charge in [-0.2, -0.15) is 0 Å². The van der Waals surface area contributed by atoms with Crippen molar-refractivity contribution in [1.82, 2.24) is 15.1 Å². The fraction of sp³-hybridized carbons (Fsp3) is 0.500. The average molecular weight is 373 g/mol. The number of carbonyl (C=O) groups is 2. The fourth-order valence-corrected chi connectivity index (χ4v) is 3.48. The minimum atomic E-state index is -0.273. The summed E-state index contributed by atoms with van der Waals surface area (Å²) < 4.78 is 5.02. The van der Waals surface area contributed by atoms with E-state index in [4.69, 9.17) is 4.74 Å². The largest absolute Gasteiger partial charge is 0.508 e. The SMILES string of the molecule is CCOC(=O)N1CCC(NC(=O)N2CC=C(c3ccc(O)cc3)CC2)CC1. The third-order valence-electron chi connectivity index (χ3n) is 5.08. The summed E-state index contributed by atoms with van der Waals surface area (Å²) in [5.41, 5.74) is 2.28. The maximum atomic E-state index is 12.5. The minimum Gasteiger partial charge on any atom is -0.508 e. The number of likely N-dealkylation sites (tertiary alicyclic amines) is 1. The molecule has 27 heavy (non-hydrogen) atoms. The van der Waals surface area contributed by atoms with E-state index in [1.807, 2.05) is 17.0 Å². The van der Waals surface area contributed by atoms with Gasteiger partial charge < -0.3 is 25.0 Å². The van der Waals surface area contributed by atoms with E-state index in [0.29, 0.717) is 32.8 Å². The number of phenols is 1. The Balaban J connectivity index is 1.46. The smallest absolute Gasteiger partial charge is 0.409 e. The molecule has 1 aromatic carbocycles. The molecule has 146 valence electrons. The number of rotatable bonds is 3. The zero-order chi connectivity index (χ0) is 19.2. The normalized spacial score (nSPS) is 18.0. The van der Waals surface area contributed by atoms with E-state index < -0.39 is 0 Å². The van der Waals surface area contributed by atoms with Crippen LogP contribution in [0.4, 0.5) is 9.59 Å². The van der Waals surface area contributed by atoms with E-state index >= 15 is 0 Å². The van der Waals surface area contributed by atoms with Crippen LogP contribution in [0.15, 0.2) is 30.3 Å². The number of piperidine rings is 1. The van der Waals surface area contributed by atoms with Gasteiger partial charge in [0.25, 0.3) is 0 Å². The molecule has 0 unspecified atom stereocenters. The number of nitrogens with one attached hydrogen (secondary N) is 1. The second kappa shape index (κ2) is 8.79. The number of nitrogens with zero attached hydrogens (tertiary/aromatic N) is 2. The van der Waals surface area contributed by atoms with Crippen LogP contribution in [0.1, 0.15) is 31.7 Å². The monoisotopic (exact) mass is 373 g/mol. The van der Waals surface area contributed by atoms with Crippen molar-refractivity contribution in [3.63, 3.8) is 0 Å². The Kier molecular flexibility index (Phi) is 6.21. The van der Waals surface area contributed by atoms with Crippen molar-refractivity contribution in [3.05, 3.63) is 35.9 Å². The summed E-state index contributed by atoms with van der Waals surface area (Å²) in [6.07, 6.45) is 4.07. The van der Waals surface area contributed by atoms with Gasteiger partial charge in [-0.15, -0.1) is 0 Å². The first kappa shape index (κ1) is 19.1. The number of hydrogen-bond donors (Lipinski definition) is 2. The van der Waals surface area contributed by atoms with E-state index in [9.17, 15) is 14.7 Å². The van der Waals surface area contributed by atoms with Gasteiger partial charge >= 0.3 is 12.1 Å². The molecule has 0 radical (unpaired) electrons. The van der Waals surface area contributed by atoms with Crippen LogP contribution in [0.2, 0.25) is 0 Å². The molecule has 7 heteroatoms. The standard InChI is InChI=1S/C20H27N3O4/c1-2-27-20(26)23-13-9-17(10-14-23)21-19(25)22-11-7-16(8-12-22)15-3-5-18(24)6-4-15/h3-7,17,24H,2,8-14H2,1H3,(H,21,25). The van der Waals surface area contributed by atoms with Crippen LogP contribution in [0, 0.1) is 0 Å². The number of benzene rings is 1. The summed E-state index contributed by atoms with van der Waals surface area (Å²) in [6, 6.07) is 7.19. The van der Waals surface area contributed by atoms with Crippen LogP contribution in [0.25, 0.3) is 5.57 Å². The lowest BCUT2D eigenvalue weighted by atomic mass is 9.99. The minimum absolute atomic E-state index is 0.0504. The Labute approximate surface area is 159 Å². The lowest BCUT2D eigenvalue weighted by Gasteiger charge is -2.34. The predicted molar refractivity (Wildman–Crippen MR) is 102 cm³/mol. The maximum Gasteiger partial charge on any atom is 0.409 e. The van der Waals surface area contributed by atoms with E-state index in [1.54, 1.807) is 24.0 Å². The number of phenolic OH excluding ortho intramolecular Hbond substituents is 1. The number of ether oxygens (including phenoxy) is 1. The van der Waals surface area contributed by atoms with Crippen LogP contribution >= 0.6 is 0 Å². The molecule has 0 bridgehead atoms. The molecule has 1 saturated heterocycles. The van der Waals surface area contributed by atoms with Crippen molar-refractivity contribution >= 4 is 17.7 Å². The molecule has 2 aliphatic heterocycles. The molecule has 7 nitrogen and oxygen atoms in total. The molecule has 0 spiro atoms. The van der Waals surface area contributed by atoms with Crippen molar-refractivity contribution in [1.29, 1.82) is 0 Å². The van der Waals surface area contributed by atoms with Crippen LogP contribution in [0.5, 0.6) is 5.75 Å². The van der Waals surface area contributed by atoms with Crippen molar-refractivity contribution < 1.29 is 19.4 Å². The summed E-state index contributed by atoms with van der Waals surface area (Å²) in [5.74, 6) is 0.255. The Bertz CT molecular complexity index is 694. The molecular weight excluding hydrogens is 346 g/mol. The van der Waals surface area contributed by atoms with Crippen LogP contribution in [0.3, 0.4) is 0 Å². The Morgan fingerprint density at radius 3 is 2.44 bits per heavy atom. The first-order valence-corrected chi connectivity index (χ1v) is 9.52. The molecule has 1 fully saturated rings. The van der Waals surface area contributed by atoms with E-state index in [0.717, 1.165) is 24.8 Å². The van der Waals surface area contributed by atoms with Gasteiger partial charge in [-0.3, -0.25) is 0 Å². The zero-order valence-corrected chi connectivity index (χ0v) is 15.7. The van der Waals surface area contributed by atoms with E-state index in [1.165, 1.54) is 5.57 Å². The van der Waals surface area contributed by atoms with Gasteiger partial charge in [0.1, 0.15) is 5.75 Å². The molecule has 1 aromatic rings.